The van der Waals surface area contributed by atoms with E-state index in [0.717, 1.165) is 43.6 Å². The molecule has 12 atom stereocenters. The van der Waals surface area contributed by atoms with Gasteiger partial charge in [-0.05, 0) is 118 Å². The number of fused-ring (bicyclic) bond motifs is 7. The van der Waals surface area contributed by atoms with E-state index in [2.05, 4.69) is 38.3 Å². The molecule has 0 bridgehead atoms. The summed E-state index contributed by atoms with van der Waals surface area (Å²) in [5, 5.41) is 6.02. The molecule has 6 aliphatic rings. The van der Waals surface area contributed by atoms with Gasteiger partial charge in [0.05, 0.1) is 19.4 Å². The van der Waals surface area contributed by atoms with Crippen LogP contribution in [0.3, 0.4) is 0 Å². The number of hydrogen-bond donors (Lipinski definition) is 2. The zero-order valence-corrected chi connectivity index (χ0v) is 26.0. The molecule has 2 aliphatic heterocycles. The van der Waals surface area contributed by atoms with Crippen LogP contribution in [-0.4, -0.2) is 62.0 Å². The first-order chi connectivity index (χ1) is 18.9. The molecule has 2 saturated heterocycles. The molecule has 6 fully saturated rings. The Balaban J connectivity index is 1.08. The monoisotopic (exact) mass is 557 g/mol. The molecule has 0 aromatic heterocycles. The van der Waals surface area contributed by atoms with Gasteiger partial charge in [0, 0.05) is 18.4 Å². The Hall–Kier alpha value is -1.18. The van der Waals surface area contributed by atoms with E-state index >= 15 is 0 Å². The largest absolute Gasteiger partial charge is 0.353 e. The van der Waals surface area contributed by atoms with Crippen molar-refractivity contribution in [3.63, 3.8) is 0 Å². The molecule has 2 heterocycles. The Morgan fingerprint density at radius 1 is 0.900 bits per heavy atom. The molecule has 7 nitrogen and oxygen atoms in total. The van der Waals surface area contributed by atoms with Gasteiger partial charge in [-0.25, -0.2) is 0 Å². The highest BCUT2D eigenvalue weighted by Crippen LogP contribution is 2.71. The topological polar surface area (TPSA) is 79.9 Å². The SMILES string of the molecule is C[C@@H]1CC[C@@]2(OC1)O[C@H]1C[C@H]3[C@@H]4CC[C@H]5C[C@@H](NC(=O)CC(=O)NCN(C)C)CC[C@]5(C)[C@H]4CC[C@]3(C)[C@H]1[C@@H]2C. The van der Waals surface area contributed by atoms with Gasteiger partial charge < -0.3 is 20.1 Å². The summed E-state index contributed by atoms with van der Waals surface area (Å²) >= 11 is 0. The van der Waals surface area contributed by atoms with E-state index in [0.29, 0.717) is 47.3 Å². The van der Waals surface area contributed by atoms with Crippen LogP contribution in [0.2, 0.25) is 0 Å². The molecule has 6 rings (SSSR count). The molecule has 226 valence electrons. The van der Waals surface area contributed by atoms with Crippen LogP contribution >= 0.6 is 0 Å². The van der Waals surface area contributed by atoms with Crippen molar-refractivity contribution in [3.8, 4) is 0 Å². The van der Waals surface area contributed by atoms with Gasteiger partial charge in [-0.3, -0.25) is 14.5 Å². The number of hydrogen-bond acceptors (Lipinski definition) is 5. The maximum Gasteiger partial charge on any atom is 0.230 e. The Bertz CT molecular complexity index is 979. The standard InChI is InChI=1S/C33H55N3O4/c1-20-9-14-33(39-18-20)21(2)30-27(40-33)16-26-24-8-7-22-15-23(35-29(38)17-28(37)34-19-36(5)6)10-12-31(22,3)25(24)11-13-32(26,30)4/h20-27,30H,7-19H2,1-6H3,(H,34,37)(H,35,38)/t20-,21+,22+,23+,24-,25+,26+,27+,30+,31+,32+,33-/m1/s1. The molecule has 7 heteroatoms. The lowest BCUT2D eigenvalue weighted by Gasteiger charge is -2.61. The number of carbonyl (C=O) groups is 2. The smallest absolute Gasteiger partial charge is 0.230 e. The molecule has 2 N–H and O–H groups in total. The van der Waals surface area contributed by atoms with Crippen molar-refractivity contribution in [1.82, 2.24) is 15.5 Å². The van der Waals surface area contributed by atoms with Crippen LogP contribution in [0.5, 0.6) is 0 Å². The van der Waals surface area contributed by atoms with Gasteiger partial charge in [0.1, 0.15) is 6.42 Å². The number of rotatable bonds is 5. The number of nitrogens with zero attached hydrogens (tertiary/aromatic N) is 1. The van der Waals surface area contributed by atoms with Crippen LogP contribution in [0.1, 0.15) is 98.3 Å². The zero-order chi connectivity index (χ0) is 28.4. The Labute approximate surface area is 242 Å². The summed E-state index contributed by atoms with van der Waals surface area (Å²) in [6.07, 6.45) is 12.4. The molecule has 2 amide bonds. The second kappa shape index (κ2) is 10.5. The predicted molar refractivity (Wildman–Crippen MR) is 155 cm³/mol. The van der Waals surface area contributed by atoms with E-state index in [9.17, 15) is 9.59 Å². The minimum atomic E-state index is -0.327. The van der Waals surface area contributed by atoms with Gasteiger partial charge in [0.2, 0.25) is 11.8 Å². The average molecular weight is 558 g/mol. The van der Waals surface area contributed by atoms with Gasteiger partial charge >= 0.3 is 0 Å². The first kappa shape index (κ1) is 28.9. The molecule has 0 radical (unpaired) electrons. The molecule has 4 aliphatic carbocycles. The number of ether oxygens (including phenoxy) is 2. The van der Waals surface area contributed by atoms with E-state index in [-0.39, 0.29) is 30.1 Å². The van der Waals surface area contributed by atoms with E-state index in [4.69, 9.17) is 9.47 Å². The van der Waals surface area contributed by atoms with E-state index in [1.165, 1.54) is 44.9 Å². The minimum Gasteiger partial charge on any atom is -0.353 e. The molecule has 40 heavy (non-hydrogen) atoms. The highest BCUT2D eigenvalue weighted by atomic mass is 16.7. The zero-order valence-electron chi connectivity index (χ0n) is 26.0. The number of nitrogens with one attached hydrogen (secondary N) is 2. The Morgan fingerprint density at radius 3 is 2.40 bits per heavy atom. The lowest BCUT2D eigenvalue weighted by Crippen LogP contribution is -2.56. The summed E-state index contributed by atoms with van der Waals surface area (Å²) in [5.41, 5.74) is 0.727. The molecule has 0 unspecified atom stereocenters. The summed E-state index contributed by atoms with van der Waals surface area (Å²) in [6.45, 7) is 11.3. The highest BCUT2D eigenvalue weighted by molar-refractivity contribution is 5.96. The fraction of sp³-hybridized carbons (Fsp3) is 0.939. The van der Waals surface area contributed by atoms with Crippen LogP contribution < -0.4 is 10.6 Å². The van der Waals surface area contributed by atoms with Crippen molar-refractivity contribution in [2.24, 2.45) is 52.3 Å². The average Bonchev–Trinajstić information content (AvgIpc) is 3.34. The fourth-order valence-corrected chi connectivity index (χ4v) is 11.1. The molecule has 1 spiro atoms. The van der Waals surface area contributed by atoms with Crippen LogP contribution in [0.25, 0.3) is 0 Å². The van der Waals surface area contributed by atoms with E-state index in [1.54, 1.807) is 0 Å². The fourth-order valence-electron chi connectivity index (χ4n) is 11.1. The summed E-state index contributed by atoms with van der Waals surface area (Å²) in [7, 11) is 3.80. The van der Waals surface area contributed by atoms with Crippen LogP contribution in [-0.2, 0) is 19.1 Å². The number of amides is 2. The van der Waals surface area contributed by atoms with Crippen molar-refractivity contribution < 1.29 is 19.1 Å². The minimum absolute atomic E-state index is 0.0780. The van der Waals surface area contributed by atoms with E-state index in [1.807, 2.05) is 19.0 Å². The normalized spacial score (nSPS) is 49.6. The third-order valence-electron chi connectivity index (χ3n) is 13.2. The van der Waals surface area contributed by atoms with Gasteiger partial charge in [-0.15, -0.1) is 0 Å². The third kappa shape index (κ3) is 4.74. The molecular weight excluding hydrogens is 502 g/mol. The number of carbonyl (C=O) groups excluding carboxylic acids is 2. The Kier molecular flexibility index (Phi) is 7.60. The third-order valence-corrected chi connectivity index (χ3v) is 13.2. The molecule has 4 saturated carbocycles. The lowest BCUT2D eigenvalue weighted by molar-refractivity contribution is -0.273. The van der Waals surface area contributed by atoms with Gasteiger partial charge in [-0.1, -0.05) is 27.7 Å². The van der Waals surface area contributed by atoms with Crippen molar-refractivity contribution in [3.05, 3.63) is 0 Å². The van der Waals surface area contributed by atoms with Crippen molar-refractivity contribution >= 4 is 11.8 Å². The highest BCUT2D eigenvalue weighted by Gasteiger charge is 2.69. The van der Waals surface area contributed by atoms with E-state index < -0.39 is 0 Å². The van der Waals surface area contributed by atoms with Gasteiger partial charge in [-0.2, -0.15) is 0 Å². The quantitative estimate of drug-likeness (QED) is 0.370. The van der Waals surface area contributed by atoms with Crippen LogP contribution in [0.4, 0.5) is 0 Å². The van der Waals surface area contributed by atoms with Crippen LogP contribution in [0.15, 0.2) is 0 Å². The maximum atomic E-state index is 12.6. The molecular formula is C33H55N3O4. The second-order valence-corrected chi connectivity index (χ2v) is 15.7. The van der Waals surface area contributed by atoms with Gasteiger partial charge in [0.25, 0.3) is 0 Å². The predicted octanol–water partition coefficient (Wildman–Crippen LogP) is 4.94. The maximum absolute atomic E-state index is 12.6. The molecule has 0 aromatic carbocycles. The summed E-state index contributed by atoms with van der Waals surface area (Å²) in [4.78, 5) is 26.7. The summed E-state index contributed by atoms with van der Waals surface area (Å²) in [6, 6.07) is 0.201. The molecule has 0 aromatic rings. The van der Waals surface area contributed by atoms with Gasteiger partial charge in [0.15, 0.2) is 5.79 Å². The first-order valence-electron chi connectivity index (χ1n) is 16.5. The van der Waals surface area contributed by atoms with Crippen molar-refractivity contribution in [2.45, 2.75) is 116 Å². The Morgan fingerprint density at radius 2 is 1.68 bits per heavy atom. The van der Waals surface area contributed by atoms with Crippen molar-refractivity contribution in [2.75, 3.05) is 27.4 Å². The summed E-state index contributed by atoms with van der Waals surface area (Å²) in [5.74, 6) is 4.10. The van der Waals surface area contributed by atoms with Crippen molar-refractivity contribution in [1.29, 1.82) is 0 Å². The summed E-state index contributed by atoms with van der Waals surface area (Å²) < 4.78 is 13.5. The first-order valence-corrected chi connectivity index (χ1v) is 16.5. The second-order valence-electron chi connectivity index (χ2n) is 15.7. The van der Waals surface area contributed by atoms with Crippen LogP contribution in [0, 0.1) is 52.3 Å². The lowest BCUT2D eigenvalue weighted by atomic mass is 9.44.